The first-order valence-electron chi connectivity index (χ1n) is 8.55. The number of halogens is 1. The Morgan fingerprint density at radius 2 is 1.82 bits per heavy atom. The Kier molecular flexibility index (Phi) is 5.27. The number of tetrazole rings is 1. The molecule has 0 aliphatic carbocycles. The van der Waals surface area contributed by atoms with Gasteiger partial charge in [-0.05, 0) is 34.0 Å². The van der Waals surface area contributed by atoms with E-state index >= 15 is 0 Å². The van der Waals surface area contributed by atoms with Crippen molar-refractivity contribution in [2.24, 2.45) is 0 Å². The van der Waals surface area contributed by atoms with Gasteiger partial charge in [0.1, 0.15) is 0 Å². The predicted molar refractivity (Wildman–Crippen MR) is 112 cm³/mol. The molecule has 4 rings (SSSR count). The predicted octanol–water partition coefficient (Wildman–Crippen LogP) is 4.22. The van der Waals surface area contributed by atoms with E-state index in [0.717, 1.165) is 16.5 Å². The molecule has 1 heterocycles. The van der Waals surface area contributed by atoms with Gasteiger partial charge in [-0.1, -0.05) is 71.9 Å². The Bertz CT molecular complexity index is 1140. The van der Waals surface area contributed by atoms with Crippen molar-refractivity contribution in [2.45, 2.75) is 5.16 Å². The summed E-state index contributed by atoms with van der Waals surface area (Å²) in [6.07, 6.45) is 0. The zero-order valence-corrected chi connectivity index (χ0v) is 16.6. The number of fused-ring (bicyclic) bond motifs is 1. The second-order valence-electron chi connectivity index (χ2n) is 6.06. The van der Waals surface area contributed by atoms with Crippen LogP contribution in [0.3, 0.4) is 0 Å². The molecule has 1 amide bonds. The van der Waals surface area contributed by atoms with E-state index in [1.807, 2.05) is 60.7 Å². The minimum absolute atomic E-state index is 0.0921. The summed E-state index contributed by atoms with van der Waals surface area (Å²) in [5, 5.41) is 15.2. The third kappa shape index (κ3) is 3.58. The molecular weight excluding hydrogens is 394 g/mol. The van der Waals surface area contributed by atoms with Gasteiger partial charge in [-0.2, -0.15) is 4.68 Å². The number of thioether (sulfide) groups is 1. The molecule has 0 fully saturated rings. The van der Waals surface area contributed by atoms with E-state index in [4.69, 9.17) is 11.6 Å². The summed E-state index contributed by atoms with van der Waals surface area (Å²) >= 11 is 7.47. The molecule has 0 spiro atoms. The average molecular weight is 410 g/mol. The molecule has 0 saturated heterocycles. The molecule has 1 aromatic heterocycles. The molecule has 0 aliphatic heterocycles. The van der Waals surface area contributed by atoms with E-state index in [-0.39, 0.29) is 11.7 Å². The Hall–Kier alpha value is -2.90. The van der Waals surface area contributed by atoms with Crippen molar-refractivity contribution in [3.05, 3.63) is 71.8 Å². The summed E-state index contributed by atoms with van der Waals surface area (Å²) < 4.78 is 1.66. The minimum Gasteiger partial charge on any atom is -0.313 e. The van der Waals surface area contributed by atoms with Crippen molar-refractivity contribution in [1.82, 2.24) is 20.2 Å². The van der Waals surface area contributed by atoms with Crippen LogP contribution in [0.4, 0.5) is 5.69 Å². The summed E-state index contributed by atoms with van der Waals surface area (Å²) in [5.74, 6) is 0.0953. The summed E-state index contributed by atoms with van der Waals surface area (Å²) in [6.45, 7) is 0. The van der Waals surface area contributed by atoms with Crippen LogP contribution in [0, 0.1) is 0 Å². The quantitative estimate of drug-likeness (QED) is 0.462. The van der Waals surface area contributed by atoms with Crippen LogP contribution >= 0.6 is 23.4 Å². The first-order valence-corrected chi connectivity index (χ1v) is 9.92. The highest BCUT2D eigenvalue weighted by Gasteiger charge is 2.17. The highest BCUT2D eigenvalue weighted by Crippen LogP contribution is 2.27. The molecule has 3 aromatic carbocycles. The molecule has 0 unspecified atom stereocenters. The number of hydrogen-bond acceptors (Lipinski definition) is 5. The number of carbonyl (C=O) groups is 1. The molecule has 8 heteroatoms. The standard InChI is InChI=1S/C20H16ClN5OS/c1-25(18-11-5-4-10-16(18)21)19(27)13-28-20-22-23-24-26(20)17-12-6-8-14-7-2-3-9-15(14)17/h2-12H,13H2,1H3. The number of rotatable bonds is 5. The van der Waals surface area contributed by atoms with Gasteiger partial charge in [0, 0.05) is 12.4 Å². The lowest BCUT2D eigenvalue weighted by Crippen LogP contribution is -2.28. The lowest BCUT2D eigenvalue weighted by atomic mass is 10.1. The Morgan fingerprint density at radius 1 is 1.07 bits per heavy atom. The molecule has 0 radical (unpaired) electrons. The average Bonchev–Trinajstić information content (AvgIpc) is 3.20. The molecule has 28 heavy (non-hydrogen) atoms. The third-order valence-electron chi connectivity index (χ3n) is 4.35. The van der Waals surface area contributed by atoms with Gasteiger partial charge in [-0.15, -0.1) is 5.10 Å². The summed E-state index contributed by atoms with van der Waals surface area (Å²) in [7, 11) is 1.71. The molecule has 0 saturated carbocycles. The molecule has 0 aliphatic rings. The second-order valence-corrected chi connectivity index (χ2v) is 7.41. The molecule has 0 N–H and O–H groups in total. The first kappa shape index (κ1) is 18.5. The smallest absolute Gasteiger partial charge is 0.237 e. The van der Waals surface area contributed by atoms with Crippen molar-refractivity contribution in [3.63, 3.8) is 0 Å². The van der Waals surface area contributed by atoms with Gasteiger partial charge in [-0.3, -0.25) is 4.79 Å². The van der Waals surface area contributed by atoms with Gasteiger partial charge in [0.15, 0.2) is 0 Å². The van der Waals surface area contributed by atoms with E-state index in [0.29, 0.717) is 15.9 Å². The zero-order chi connectivity index (χ0) is 19.5. The van der Waals surface area contributed by atoms with Gasteiger partial charge < -0.3 is 4.90 Å². The number of carbonyl (C=O) groups excluding carboxylic acids is 1. The number of anilines is 1. The topological polar surface area (TPSA) is 63.9 Å². The SMILES string of the molecule is CN(C(=O)CSc1nnnn1-c1cccc2ccccc12)c1ccccc1Cl. The van der Waals surface area contributed by atoms with Crippen molar-refractivity contribution in [2.75, 3.05) is 17.7 Å². The number of aromatic nitrogens is 4. The van der Waals surface area contributed by atoms with E-state index in [1.165, 1.54) is 11.8 Å². The summed E-state index contributed by atoms with van der Waals surface area (Å²) in [5.41, 5.74) is 1.54. The maximum Gasteiger partial charge on any atom is 0.237 e. The Balaban J connectivity index is 1.55. The fourth-order valence-electron chi connectivity index (χ4n) is 2.89. The maximum absolute atomic E-state index is 12.6. The lowest BCUT2D eigenvalue weighted by Gasteiger charge is -2.18. The molecule has 0 atom stereocenters. The number of amides is 1. The molecule has 4 aromatic rings. The fourth-order valence-corrected chi connectivity index (χ4v) is 3.95. The largest absolute Gasteiger partial charge is 0.313 e. The van der Waals surface area contributed by atoms with Gasteiger partial charge in [0.2, 0.25) is 11.1 Å². The van der Waals surface area contributed by atoms with Crippen LogP contribution in [-0.4, -0.2) is 38.9 Å². The molecule has 140 valence electrons. The molecular formula is C20H16ClN5OS. The van der Waals surface area contributed by atoms with Gasteiger partial charge in [0.05, 0.1) is 22.2 Å². The Labute approximate surface area is 171 Å². The normalized spacial score (nSPS) is 10.9. The number of hydrogen-bond donors (Lipinski definition) is 0. The van der Waals surface area contributed by atoms with Gasteiger partial charge >= 0.3 is 0 Å². The van der Waals surface area contributed by atoms with Gasteiger partial charge in [0.25, 0.3) is 0 Å². The summed E-state index contributed by atoms with van der Waals surface area (Å²) in [6, 6.07) is 21.2. The molecule has 6 nitrogen and oxygen atoms in total. The van der Waals surface area contributed by atoms with Crippen LogP contribution in [0.15, 0.2) is 71.9 Å². The van der Waals surface area contributed by atoms with E-state index < -0.39 is 0 Å². The number of benzene rings is 3. The van der Waals surface area contributed by atoms with Crippen LogP contribution in [0.2, 0.25) is 5.02 Å². The minimum atomic E-state index is -0.0921. The van der Waals surface area contributed by atoms with Gasteiger partial charge in [-0.25, -0.2) is 0 Å². The first-order chi connectivity index (χ1) is 13.6. The monoisotopic (exact) mass is 409 g/mol. The van der Waals surface area contributed by atoms with E-state index in [2.05, 4.69) is 15.5 Å². The maximum atomic E-state index is 12.6. The van der Waals surface area contributed by atoms with Crippen LogP contribution in [0.1, 0.15) is 0 Å². The van der Waals surface area contributed by atoms with E-state index in [9.17, 15) is 4.79 Å². The van der Waals surface area contributed by atoms with Crippen molar-refractivity contribution < 1.29 is 4.79 Å². The number of para-hydroxylation sites is 1. The zero-order valence-electron chi connectivity index (χ0n) is 15.0. The van der Waals surface area contributed by atoms with Crippen LogP contribution in [0.5, 0.6) is 0 Å². The fraction of sp³-hybridized carbons (Fsp3) is 0.100. The van der Waals surface area contributed by atoms with E-state index in [1.54, 1.807) is 22.7 Å². The number of nitrogens with zero attached hydrogens (tertiary/aromatic N) is 5. The molecule has 0 bridgehead atoms. The highest BCUT2D eigenvalue weighted by molar-refractivity contribution is 7.99. The lowest BCUT2D eigenvalue weighted by molar-refractivity contribution is -0.115. The second kappa shape index (κ2) is 8.00. The van der Waals surface area contributed by atoms with Crippen LogP contribution in [0.25, 0.3) is 16.5 Å². The highest BCUT2D eigenvalue weighted by atomic mass is 35.5. The third-order valence-corrected chi connectivity index (χ3v) is 5.57. The summed E-state index contributed by atoms with van der Waals surface area (Å²) in [4.78, 5) is 14.2. The Morgan fingerprint density at radius 3 is 2.68 bits per heavy atom. The van der Waals surface area contributed by atoms with Crippen LogP contribution in [-0.2, 0) is 4.79 Å². The van der Waals surface area contributed by atoms with Crippen LogP contribution < -0.4 is 4.90 Å². The van der Waals surface area contributed by atoms with Crippen molar-refractivity contribution in [1.29, 1.82) is 0 Å². The van der Waals surface area contributed by atoms with Crippen molar-refractivity contribution in [3.8, 4) is 5.69 Å². The van der Waals surface area contributed by atoms with Crippen molar-refractivity contribution >= 4 is 45.7 Å².